The number of aliphatic hydroxyl groups is 1. The molecule has 0 radical (unpaired) electrons. The van der Waals surface area contributed by atoms with Gasteiger partial charge in [-0.05, 0) is 37.0 Å². The summed E-state index contributed by atoms with van der Waals surface area (Å²) in [6, 6.07) is 11.9. The maximum atomic E-state index is 13.6. The normalized spacial score (nSPS) is 16.5. The number of carbonyl (C=O) groups excluding carboxylic acids is 1. The van der Waals surface area contributed by atoms with Gasteiger partial charge in [-0.2, -0.15) is 0 Å². The molecule has 0 aliphatic heterocycles. The highest BCUT2D eigenvalue weighted by Gasteiger charge is 2.33. The van der Waals surface area contributed by atoms with E-state index in [-0.39, 0.29) is 6.04 Å². The minimum Gasteiger partial charge on any atom is -0.382 e. The van der Waals surface area contributed by atoms with E-state index < -0.39 is 24.6 Å². The van der Waals surface area contributed by atoms with Crippen LogP contribution in [0.25, 0.3) is 11.2 Å². The Balaban J connectivity index is 1.61. The zero-order valence-corrected chi connectivity index (χ0v) is 15.9. The van der Waals surface area contributed by atoms with Crippen LogP contribution >= 0.6 is 11.6 Å². The van der Waals surface area contributed by atoms with Crippen molar-refractivity contribution in [3.05, 3.63) is 53.2 Å². The van der Waals surface area contributed by atoms with Crippen LogP contribution in [-0.4, -0.2) is 32.2 Å². The molecule has 6 nitrogen and oxygen atoms in total. The van der Waals surface area contributed by atoms with Crippen molar-refractivity contribution in [2.24, 2.45) is 0 Å². The van der Waals surface area contributed by atoms with Crippen LogP contribution < -0.4 is 5.32 Å². The minimum absolute atomic E-state index is 0.181. The molecule has 1 saturated carbocycles. The van der Waals surface area contributed by atoms with Crippen LogP contribution in [0.5, 0.6) is 0 Å². The monoisotopic (exact) mass is 402 g/mol. The van der Waals surface area contributed by atoms with Gasteiger partial charge in [0.05, 0.1) is 6.42 Å². The second-order valence-electron chi connectivity index (χ2n) is 7.12. The van der Waals surface area contributed by atoms with Gasteiger partial charge in [0.1, 0.15) is 22.9 Å². The number of hydrogen-bond acceptors (Lipinski definition) is 4. The lowest BCUT2D eigenvalue weighted by Gasteiger charge is -2.29. The van der Waals surface area contributed by atoms with Crippen LogP contribution in [0.1, 0.15) is 37.3 Å². The van der Waals surface area contributed by atoms with Crippen LogP contribution in [0.4, 0.5) is 10.3 Å². The number of benzene rings is 1. The number of rotatable bonds is 6. The van der Waals surface area contributed by atoms with Crippen molar-refractivity contribution in [1.29, 1.82) is 0 Å². The van der Waals surface area contributed by atoms with Gasteiger partial charge in [-0.15, -0.1) is 0 Å². The molecule has 2 heterocycles. The fourth-order valence-corrected chi connectivity index (χ4v) is 3.58. The summed E-state index contributed by atoms with van der Waals surface area (Å²) < 4.78 is 15.5. The number of aromatic nitrogens is 3. The second-order valence-corrected chi connectivity index (χ2v) is 7.51. The first-order valence-electron chi connectivity index (χ1n) is 9.18. The maximum absolute atomic E-state index is 13.6. The molecule has 0 spiro atoms. The molecule has 1 fully saturated rings. The predicted molar refractivity (Wildman–Crippen MR) is 105 cm³/mol. The molecular weight excluding hydrogens is 383 g/mol. The molecule has 0 saturated heterocycles. The van der Waals surface area contributed by atoms with E-state index in [0.29, 0.717) is 27.8 Å². The van der Waals surface area contributed by atoms with Gasteiger partial charge in [0.15, 0.2) is 5.65 Å². The maximum Gasteiger partial charge on any atom is 0.230 e. The molecule has 1 atom stereocenters. The molecule has 4 rings (SSSR count). The number of amides is 1. The van der Waals surface area contributed by atoms with Gasteiger partial charge in [-0.1, -0.05) is 41.9 Å². The molecule has 28 heavy (non-hydrogen) atoms. The summed E-state index contributed by atoms with van der Waals surface area (Å²) in [5.41, 5.74) is -0.305. The number of nitrogens with zero attached hydrogens (tertiary/aromatic N) is 3. The fraction of sp³-hybridized carbons (Fsp3) is 0.350. The van der Waals surface area contributed by atoms with E-state index in [9.17, 15) is 14.3 Å². The lowest BCUT2D eigenvalue weighted by atomic mass is 9.91. The van der Waals surface area contributed by atoms with E-state index in [1.165, 1.54) is 0 Å². The van der Waals surface area contributed by atoms with E-state index in [1.54, 1.807) is 42.5 Å². The minimum atomic E-state index is -1.89. The summed E-state index contributed by atoms with van der Waals surface area (Å²) in [6.45, 7) is -1.07. The van der Waals surface area contributed by atoms with Crippen molar-refractivity contribution in [3.8, 4) is 0 Å². The van der Waals surface area contributed by atoms with Gasteiger partial charge in [0.25, 0.3) is 0 Å². The second kappa shape index (κ2) is 7.48. The molecule has 0 bridgehead atoms. The van der Waals surface area contributed by atoms with Gasteiger partial charge in [-0.3, -0.25) is 14.7 Å². The predicted octanol–water partition coefficient (Wildman–Crippen LogP) is 4.00. The highest BCUT2D eigenvalue weighted by molar-refractivity contribution is 6.29. The van der Waals surface area contributed by atoms with E-state index in [4.69, 9.17) is 11.6 Å². The standard InChI is InChI=1S/C20H20ClFN4O2/c21-16-10-9-15-18(24-16)26(14-7-4-8-14)19(23-15)25-17(27)11-20(28,12-22)13-5-2-1-3-6-13/h1-3,5-6,9-10,14,28H,4,7-8,11-12H2,(H,23,25,27). The molecule has 2 N–H and O–H groups in total. The summed E-state index contributed by atoms with van der Waals surface area (Å²) >= 11 is 6.03. The zero-order chi connectivity index (χ0) is 19.7. The Morgan fingerprint density at radius 3 is 2.64 bits per heavy atom. The summed E-state index contributed by atoms with van der Waals surface area (Å²) in [6.07, 6.45) is 2.59. The molecule has 146 valence electrons. The molecule has 3 aromatic rings. The Bertz CT molecular complexity index is 1010. The third kappa shape index (κ3) is 3.47. The van der Waals surface area contributed by atoms with Gasteiger partial charge >= 0.3 is 0 Å². The zero-order valence-electron chi connectivity index (χ0n) is 15.1. The Hall–Kier alpha value is -2.51. The Morgan fingerprint density at radius 1 is 1.25 bits per heavy atom. The lowest BCUT2D eigenvalue weighted by Crippen LogP contribution is -2.34. The first-order valence-corrected chi connectivity index (χ1v) is 9.56. The Labute approximate surface area is 166 Å². The molecule has 1 aliphatic rings. The summed E-state index contributed by atoms with van der Waals surface area (Å²) in [7, 11) is 0. The largest absolute Gasteiger partial charge is 0.382 e. The average Bonchev–Trinajstić information content (AvgIpc) is 2.98. The van der Waals surface area contributed by atoms with Gasteiger partial charge in [-0.25, -0.2) is 14.4 Å². The molecule has 1 unspecified atom stereocenters. The topological polar surface area (TPSA) is 80.0 Å². The lowest BCUT2D eigenvalue weighted by molar-refractivity contribution is -0.122. The smallest absolute Gasteiger partial charge is 0.230 e. The quantitative estimate of drug-likeness (QED) is 0.611. The van der Waals surface area contributed by atoms with Crippen LogP contribution in [0.2, 0.25) is 5.15 Å². The van der Waals surface area contributed by atoms with Crippen molar-refractivity contribution in [1.82, 2.24) is 14.5 Å². The van der Waals surface area contributed by atoms with Crippen molar-refractivity contribution < 1.29 is 14.3 Å². The van der Waals surface area contributed by atoms with Gasteiger partial charge in [0, 0.05) is 6.04 Å². The van der Waals surface area contributed by atoms with E-state index >= 15 is 0 Å². The number of fused-ring (bicyclic) bond motifs is 1. The van der Waals surface area contributed by atoms with Crippen LogP contribution in [0, 0.1) is 0 Å². The number of nitrogens with one attached hydrogen (secondary N) is 1. The summed E-state index contributed by atoms with van der Waals surface area (Å²) in [5, 5.41) is 13.7. The van der Waals surface area contributed by atoms with E-state index in [1.807, 2.05) is 4.57 Å². The molecular formula is C20H20ClFN4O2. The number of alkyl halides is 1. The molecule has 1 aromatic carbocycles. The van der Waals surface area contributed by atoms with Crippen molar-refractivity contribution in [2.45, 2.75) is 37.3 Å². The number of pyridine rings is 1. The fourth-order valence-electron chi connectivity index (χ4n) is 3.44. The third-order valence-electron chi connectivity index (χ3n) is 5.18. The van der Waals surface area contributed by atoms with Crippen LogP contribution in [-0.2, 0) is 10.4 Å². The third-order valence-corrected chi connectivity index (χ3v) is 5.39. The van der Waals surface area contributed by atoms with Crippen molar-refractivity contribution in [3.63, 3.8) is 0 Å². The first-order chi connectivity index (χ1) is 13.5. The van der Waals surface area contributed by atoms with Crippen molar-refractivity contribution >= 4 is 34.6 Å². The van der Waals surface area contributed by atoms with E-state index in [2.05, 4.69) is 15.3 Å². The van der Waals surface area contributed by atoms with Crippen LogP contribution in [0.15, 0.2) is 42.5 Å². The number of hydrogen-bond donors (Lipinski definition) is 2. The number of carbonyl (C=O) groups is 1. The SMILES string of the molecule is O=C(CC(O)(CF)c1ccccc1)Nc1nc2ccc(Cl)nc2n1C1CCC1. The number of anilines is 1. The number of imidazole rings is 1. The highest BCUT2D eigenvalue weighted by atomic mass is 35.5. The summed E-state index contributed by atoms with van der Waals surface area (Å²) in [5.74, 6) is -0.181. The van der Waals surface area contributed by atoms with Gasteiger partial charge < -0.3 is 5.11 Å². The Kier molecular flexibility index (Phi) is 5.03. The molecule has 8 heteroatoms. The average molecular weight is 403 g/mol. The Morgan fingerprint density at radius 2 is 2.00 bits per heavy atom. The molecule has 1 amide bonds. The van der Waals surface area contributed by atoms with Gasteiger partial charge in [0.2, 0.25) is 11.9 Å². The highest BCUT2D eigenvalue weighted by Crippen LogP contribution is 2.37. The molecule has 1 aliphatic carbocycles. The molecule has 2 aromatic heterocycles. The first kappa shape index (κ1) is 18.8. The van der Waals surface area contributed by atoms with Crippen molar-refractivity contribution in [2.75, 3.05) is 12.0 Å². The number of halogens is 2. The van der Waals surface area contributed by atoms with Crippen LogP contribution in [0.3, 0.4) is 0 Å². The van der Waals surface area contributed by atoms with E-state index in [0.717, 1.165) is 19.3 Å². The summed E-state index contributed by atoms with van der Waals surface area (Å²) in [4.78, 5) is 21.5.